The van der Waals surface area contributed by atoms with Crippen LogP contribution >= 0.6 is 0 Å². The molecule has 1 fully saturated rings. The van der Waals surface area contributed by atoms with Crippen molar-refractivity contribution in [1.29, 1.82) is 0 Å². The molecule has 7 nitrogen and oxygen atoms in total. The van der Waals surface area contributed by atoms with Crippen molar-refractivity contribution in [2.45, 2.75) is 116 Å². The molecule has 0 N–H and O–H groups in total. The van der Waals surface area contributed by atoms with Crippen molar-refractivity contribution in [3.05, 3.63) is 34.6 Å². The van der Waals surface area contributed by atoms with E-state index >= 15 is 0 Å². The number of carbonyl (C=O) groups is 1. The molecule has 38 heavy (non-hydrogen) atoms. The van der Waals surface area contributed by atoms with Gasteiger partial charge in [0.15, 0.2) is 6.29 Å². The lowest BCUT2D eigenvalue weighted by Gasteiger charge is -2.51. The van der Waals surface area contributed by atoms with Gasteiger partial charge in [-0.2, -0.15) is 0 Å². The number of aldehydes is 1. The number of fused-ring (bicyclic) bond motifs is 2. The van der Waals surface area contributed by atoms with Crippen molar-refractivity contribution in [1.82, 2.24) is 0 Å². The zero-order chi connectivity index (χ0) is 27.4. The number of benzene rings is 1. The van der Waals surface area contributed by atoms with Crippen molar-refractivity contribution >= 4 is 6.29 Å². The molecular weight excluding hydrogens is 491 g/mol. The lowest BCUT2D eigenvalue weighted by Crippen LogP contribution is -2.66. The zero-order valence-electron chi connectivity index (χ0n) is 23.7. The molecule has 1 saturated heterocycles. The first kappa shape index (κ1) is 31.1. The van der Waals surface area contributed by atoms with E-state index in [1.807, 2.05) is 0 Å². The van der Waals surface area contributed by atoms with Gasteiger partial charge in [0.2, 0.25) is 5.79 Å². The van der Waals surface area contributed by atoms with Gasteiger partial charge in [0, 0.05) is 32.0 Å². The Bertz CT molecular complexity index is 850. The van der Waals surface area contributed by atoms with E-state index in [-0.39, 0.29) is 12.2 Å². The van der Waals surface area contributed by atoms with E-state index in [4.69, 9.17) is 28.4 Å². The van der Waals surface area contributed by atoms with Crippen molar-refractivity contribution in [3.63, 3.8) is 0 Å². The Hall–Kier alpha value is -1.42. The molecule has 2 aliphatic heterocycles. The third-order valence-corrected chi connectivity index (χ3v) is 7.19. The van der Waals surface area contributed by atoms with Crippen LogP contribution in [0.3, 0.4) is 0 Å². The van der Waals surface area contributed by atoms with Gasteiger partial charge in [-0.05, 0) is 43.4 Å². The molecule has 1 aromatic carbocycles. The predicted molar refractivity (Wildman–Crippen MR) is 143 cm³/mol. The van der Waals surface area contributed by atoms with Gasteiger partial charge in [0.25, 0.3) is 0 Å². The third-order valence-electron chi connectivity index (χ3n) is 7.19. The van der Waals surface area contributed by atoms with Crippen LogP contribution in [0.5, 0.6) is 0 Å². The van der Waals surface area contributed by atoms with E-state index in [0.29, 0.717) is 50.4 Å². The van der Waals surface area contributed by atoms with Gasteiger partial charge < -0.3 is 28.4 Å². The molecule has 0 amide bonds. The molecule has 3 rings (SSSR count). The van der Waals surface area contributed by atoms with Crippen molar-refractivity contribution in [2.75, 3.05) is 33.0 Å². The molecule has 0 saturated carbocycles. The SMILES string of the molecule is CCCCOC[C@H]1O[C@]2(OCc3cc(F)c(C=O)cc32)[C@H](OCCCC)[C@@H](OCCCC)[C@@H]1OCCCC. The quantitative estimate of drug-likeness (QED) is 0.165. The standard InChI is InChI=1S/C30H47FO7/c1-5-9-13-33-21-26-27(34-14-10-6-2)28(35-15-11-7-3)29(36-16-12-8-4)30(38-26)24-17-22(19-32)25(31)18-23(24)20-37-30/h17-19,26-29H,5-16,20-21H2,1-4H3/t26-,27-,28+,29-,30+/m1/s1. The lowest BCUT2D eigenvalue weighted by molar-refractivity contribution is -0.384. The number of hydrogen-bond acceptors (Lipinski definition) is 7. The minimum absolute atomic E-state index is 0.0370. The first-order chi connectivity index (χ1) is 18.6. The predicted octanol–water partition coefficient (Wildman–Crippen LogP) is 6.09. The number of ether oxygens (including phenoxy) is 6. The molecule has 216 valence electrons. The van der Waals surface area contributed by atoms with E-state index in [9.17, 15) is 9.18 Å². The number of hydrogen-bond donors (Lipinski definition) is 0. The van der Waals surface area contributed by atoms with Crippen LogP contribution < -0.4 is 0 Å². The Morgan fingerprint density at radius 1 is 0.895 bits per heavy atom. The highest BCUT2D eigenvalue weighted by molar-refractivity contribution is 5.76. The molecule has 5 atom stereocenters. The van der Waals surface area contributed by atoms with Gasteiger partial charge in [0.1, 0.15) is 30.2 Å². The van der Waals surface area contributed by atoms with E-state index < -0.39 is 36.0 Å². The van der Waals surface area contributed by atoms with Gasteiger partial charge in [-0.3, -0.25) is 4.79 Å². The summed E-state index contributed by atoms with van der Waals surface area (Å²) in [4.78, 5) is 11.7. The Morgan fingerprint density at radius 3 is 2.13 bits per heavy atom. The lowest BCUT2D eigenvalue weighted by atomic mass is 9.86. The second-order valence-electron chi connectivity index (χ2n) is 10.2. The van der Waals surface area contributed by atoms with E-state index in [0.717, 1.165) is 51.4 Å². The van der Waals surface area contributed by atoms with Crippen molar-refractivity contribution in [3.8, 4) is 0 Å². The van der Waals surface area contributed by atoms with Gasteiger partial charge in [0.05, 0.1) is 18.8 Å². The monoisotopic (exact) mass is 538 g/mol. The van der Waals surface area contributed by atoms with Crippen LogP contribution in [0.25, 0.3) is 0 Å². The van der Waals surface area contributed by atoms with Crippen molar-refractivity contribution in [2.24, 2.45) is 0 Å². The van der Waals surface area contributed by atoms with Gasteiger partial charge in [-0.15, -0.1) is 0 Å². The summed E-state index contributed by atoms with van der Waals surface area (Å²) < 4.78 is 53.3. The molecule has 0 aromatic heterocycles. The molecule has 8 heteroatoms. The summed E-state index contributed by atoms with van der Waals surface area (Å²) in [5, 5.41) is 0. The summed E-state index contributed by atoms with van der Waals surface area (Å²) in [5.74, 6) is -1.94. The maximum absolute atomic E-state index is 14.6. The Kier molecular flexibility index (Phi) is 13.1. The third kappa shape index (κ3) is 7.40. The van der Waals surface area contributed by atoms with Crippen molar-refractivity contribution < 1.29 is 37.6 Å². The largest absolute Gasteiger partial charge is 0.379 e. The minimum atomic E-state index is -1.37. The number of carbonyl (C=O) groups excluding carboxylic acids is 1. The van der Waals surface area contributed by atoms with Crippen LogP contribution in [0.1, 0.15) is 101 Å². The maximum atomic E-state index is 14.6. The first-order valence-corrected chi connectivity index (χ1v) is 14.6. The molecular formula is C30H47FO7. The molecule has 0 radical (unpaired) electrons. The number of rotatable bonds is 18. The van der Waals surface area contributed by atoms with Gasteiger partial charge in [-0.1, -0.05) is 53.4 Å². The molecule has 2 aliphatic rings. The maximum Gasteiger partial charge on any atom is 0.225 e. The van der Waals surface area contributed by atoms with Gasteiger partial charge >= 0.3 is 0 Å². The van der Waals surface area contributed by atoms with E-state index in [1.54, 1.807) is 0 Å². The average molecular weight is 539 g/mol. The molecule has 0 unspecified atom stereocenters. The fourth-order valence-corrected chi connectivity index (χ4v) is 4.97. The zero-order valence-corrected chi connectivity index (χ0v) is 23.7. The molecule has 1 aromatic rings. The Labute approximate surface area is 227 Å². The molecule has 2 heterocycles. The summed E-state index contributed by atoms with van der Waals surface area (Å²) in [6.45, 7) is 11.1. The Balaban J connectivity index is 2.05. The first-order valence-electron chi connectivity index (χ1n) is 14.6. The summed E-state index contributed by atoms with van der Waals surface area (Å²) in [6.07, 6.45) is 6.00. The van der Waals surface area contributed by atoms with Crippen LogP contribution in [0.15, 0.2) is 12.1 Å². The highest BCUT2D eigenvalue weighted by Crippen LogP contribution is 2.49. The highest BCUT2D eigenvalue weighted by atomic mass is 19.1. The van der Waals surface area contributed by atoms with Crippen LogP contribution in [-0.2, 0) is 40.8 Å². The average Bonchev–Trinajstić information content (AvgIpc) is 3.26. The van der Waals surface area contributed by atoms with Gasteiger partial charge in [-0.25, -0.2) is 4.39 Å². The second-order valence-corrected chi connectivity index (χ2v) is 10.2. The molecule has 1 spiro atoms. The Morgan fingerprint density at radius 2 is 1.50 bits per heavy atom. The summed E-state index contributed by atoms with van der Waals surface area (Å²) in [5.41, 5.74) is 1.21. The summed E-state index contributed by atoms with van der Waals surface area (Å²) >= 11 is 0. The molecule has 0 bridgehead atoms. The summed E-state index contributed by atoms with van der Waals surface area (Å²) in [7, 11) is 0. The molecule has 0 aliphatic carbocycles. The minimum Gasteiger partial charge on any atom is -0.379 e. The summed E-state index contributed by atoms with van der Waals surface area (Å²) in [6, 6.07) is 2.90. The van der Waals surface area contributed by atoms with E-state index in [1.165, 1.54) is 12.1 Å². The van der Waals surface area contributed by atoms with E-state index in [2.05, 4.69) is 27.7 Å². The highest BCUT2D eigenvalue weighted by Gasteiger charge is 2.61. The second kappa shape index (κ2) is 16.0. The number of halogens is 1. The normalized spacial score (nSPS) is 26.7. The number of unbranched alkanes of at least 4 members (excludes halogenated alkanes) is 4. The fraction of sp³-hybridized carbons (Fsp3) is 0.767. The van der Waals surface area contributed by atoms with Crippen LogP contribution in [0.4, 0.5) is 4.39 Å². The fourth-order valence-electron chi connectivity index (χ4n) is 4.97. The van der Waals surface area contributed by atoms with Crippen LogP contribution in [-0.4, -0.2) is 63.7 Å². The smallest absolute Gasteiger partial charge is 0.225 e. The van der Waals surface area contributed by atoms with Crippen LogP contribution in [0.2, 0.25) is 0 Å². The topological polar surface area (TPSA) is 72.5 Å². The van der Waals surface area contributed by atoms with Crippen LogP contribution in [0, 0.1) is 5.82 Å².